The first-order valence-corrected chi connectivity index (χ1v) is 12.2. The first kappa shape index (κ1) is 22.1. The molecule has 0 aliphatic heterocycles. The van der Waals surface area contributed by atoms with Crippen LogP contribution in [0.15, 0.2) is 66.7 Å². The van der Waals surface area contributed by atoms with Crippen LogP contribution >= 0.6 is 11.3 Å². The van der Waals surface area contributed by atoms with Crippen molar-refractivity contribution in [3.05, 3.63) is 83.7 Å². The third-order valence-electron chi connectivity index (χ3n) is 5.81. The van der Waals surface area contributed by atoms with Crippen LogP contribution in [0.1, 0.15) is 28.7 Å². The molecule has 0 radical (unpaired) electrons. The van der Waals surface area contributed by atoms with E-state index < -0.39 is 0 Å². The molecule has 1 amide bonds. The third kappa shape index (κ3) is 4.15. The molecule has 0 aliphatic carbocycles. The Labute approximate surface area is 202 Å². The number of carbonyl (C=O) groups is 1. The van der Waals surface area contributed by atoms with Crippen molar-refractivity contribution in [2.24, 2.45) is 0 Å². The van der Waals surface area contributed by atoms with Gasteiger partial charge in [-0.15, -0.1) is 0 Å². The highest BCUT2D eigenvalue weighted by Gasteiger charge is 2.24. The summed E-state index contributed by atoms with van der Waals surface area (Å²) in [4.78, 5) is 20.6. The molecule has 6 nitrogen and oxygen atoms in total. The normalized spacial score (nSPS) is 11.3. The molecule has 5 aromatic rings. The van der Waals surface area contributed by atoms with Crippen molar-refractivity contribution in [3.63, 3.8) is 0 Å². The summed E-state index contributed by atoms with van der Waals surface area (Å²) >= 11 is 1.50. The van der Waals surface area contributed by atoms with E-state index in [4.69, 9.17) is 9.72 Å². The minimum atomic E-state index is -0.0738. The van der Waals surface area contributed by atoms with Crippen molar-refractivity contribution >= 4 is 43.4 Å². The van der Waals surface area contributed by atoms with Crippen molar-refractivity contribution in [1.29, 1.82) is 0 Å². The topological polar surface area (TPSA) is 60.2 Å². The van der Waals surface area contributed by atoms with E-state index in [1.54, 1.807) is 4.90 Å². The van der Waals surface area contributed by atoms with Gasteiger partial charge in [0.1, 0.15) is 11.3 Å². The van der Waals surface area contributed by atoms with Crippen LogP contribution in [-0.4, -0.2) is 33.8 Å². The zero-order valence-corrected chi connectivity index (χ0v) is 20.3. The Balaban J connectivity index is 1.58. The number of aryl methyl sites for hydroxylation is 2. The van der Waals surface area contributed by atoms with E-state index in [-0.39, 0.29) is 5.91 Å². The van der Waals surface area contributed by atoms with E-state index in [2.05, 4.69) is 5.10 Å². The number of nitrogens with zero attached hydrogens (tertiary/aromatic N) is 4. The molecule has 7 heteroatoms. The number of benzene rings is 3. The maximum absolute atomic E-state index is 14.0. The highest BCUT2D eigenvalue weighted by Crippen LogP contribution is 2.35. The summed E-state index contributed by atoms with van der Waals surface area (Å²) in [6.07, 6.45) is 0. The smallest absolute Gasteiger partial charge is 0.260 e. The number of fused-ring (bicyclic) bond motifs is 2. The number of carbonyl (C=O) groups excluding carboxylic acids is 1. The number of amides is 1. The van der Waals surface area contributed by atoms with Gasteiger partial charge in [-0.05, 0) is 55.8 Å². The van der Waals surface area contributed by atoms with E-state index in [9.17, 15) is 4.79 Å². The zero-order chi connectivity index (χ0) is 23.7. The van der Waals surface area contributed by atoms with Crippen molar-refractivity contribution in [3.8, 4) is 5.75 Å². The maximum atomic E-state index is 14.0. The summed E-state index contributed by atoms with van der Waals surface area (Å²) < 4.78 is 8.72. The highest BCUT2D eigenvalue weighted by molar-refractivity contribution is 7.22. The Morgan fingerprint density at radius 1 is 1.06 bits per heavy atom. The second-order valence-electron chi connectivity index (χ2n) is 8.17. The quantitative estimate of drug-likeness (QED) is 0.292. The number of hydrogen-bond donors (Lipinski definition) is 0. The fourth-order valence-electron chi connectivity index (χ4n) is 4.24. The number of thiazole rings is 1. The van der Waals surface area contributed by atoms with Gasteiger partial charge in [0.25, 0.3) is 5.91 Å². The molecule has 0 fully saturated rings. The van der Waals surface area contributed by atoms with Crippen LogP contribution in [0.4, 0.5) is 5.13 Å². The Morgan fingerprint density at radius 2 is 1.85 bits per heavy atom. The average Bonchev–Trinajstić information content (AvgIpc) is 3.41. The third-order valence-corrected chi connectivity index (χ3v) is 6.85. The van der Waals surface area contributed by atoms with Crippen LogP contribution in [0.3, 0.4) is 0 Å². The summed E-state index contributed by atoms with van der Waals surface area (Å²) in [6.45, 7) is 7.55. The maximum Gasteiger partial charge on any atom is 0.260 e. The van der Waals surface area contributed by atoms with Crippen LogP contribution in [0.2, 0.25) is 0 Å². The molecule has 0 aliphatic rings. The fraction of sp³-hybridized carbons (Fsp3) is 0.222. The van der Waals surface area contributed by atoms with E-state index in [0.717, 1.165) is 38.1 Å². The molecule has 34 heavy (non-hydrogen) atoms. The largest absolute Gasteiger partial charge is 0.492 e. The molecule has 0 saturated carbocycles. The molecule has 2 aromatic heterocycles. The summed E-state index contributed by atoms with van der Waals surface area (Å²) in [5, 5.41) is 7.20. The van der Waals surface area contributed by atoms with Crippen molar-refractivity contribution in [1.82, 2.24) is 14.8 Å². The Morgan fingerprint density at radius 3 is 2.65 bits per heavy atom. The molecular weight excluding hydrogens is 444 g/mol. The standard InChI is InChI=1S/C27H26N4O2S/c1-4-33-23-13-8-14-24-25(23)28-27(34-24)30(15-16-31-19(3)17-18(2)29-31)26(32)22-12-7-10-20-9-5-6-11-21(20)22/h5-14,17H,4,15-16H2,1-3H3. The lowest BCUT2D eigenvalue weighted by Crippen LogP contribution is -2.34. The summed E-state index contributed by atoms with van der Waals surface area (Å²) in [5.41, 5.74) is 3.48. The molecule has 0 unspecified atom stereocenters. The Bertz CT molecular complexity index is 1480. The van der Waals surface area contributed by atoms with E-state index >= 15 is 0 Å². The first-order chi connectivity index (χ1) is 16.5. The second kappa shape index (κ2) is 9.27. The summed E-state index contributed by atoms with van der Waals surface area (Å²) in [5.74, 6) is 0.661. The Kier molecular flexibility index (Phi) is 6.02. The van der Waals surface area contributed by atoms with Gasteiger partial charge in [-0.1, -0.05) is 53.8 Å². The lowest BCUT2D eigenvalue weighted by atomic mass is 10.0. The van der Waals surface area contributed by atoms with Crippen LogP contribution in [0.25, 0.3) is 21.0 Å². The molecular formula is C27H26N4O2S. The molecule has 0 atom stereocenters. The zero-order valence-electron chi connectivity index (χ0n) is 19.5. The lowest BCUT2D eigenvalue weighted by molar-refractivity contribution is 0.0987. The predicted octanol–water partition coefficient (Wildman–Crippen LogP) is 6.01. The second-order valence-corrected chi connectivity index (χ2v) is 9.18. The van der Waals surface area contributed by atoms with Gasteiger partial charge in [-0.3, -0.25) is 14.4 Å². The molecule has 2 heterocycles. The van der Waals surface area contributed by atoms with Crippen molar-refractivity contribution < 1.29 is 9.53 Å². The molecule has 0 saturated heterocycles. The van der Waals surface area contributed by atoms with Gasteiger partial charge in [0.2, 0.25) is 0 Å². The van der Waals surface area contributed by atoms with Gasteiger partial charge in [0.05, 0.1) is 23.5 Å². The van der Waals surface area contributed by atoms with Gasteiger partial charge < -0.3 is 4.74 Å². The molecule has 3 aromatic carbocycles. The molecule has 172 valence electrons. The van der Waals surface area contributed by atoms with Gasteiger partial charge in [0.15, 0.2) is 5.13 Å². The minimum Gasteiger partial charge on any atom is -0.492 e. The molecule has 0 bridgehead atoms. The predicted molar refractivity (Wildman–Crippen MR) is 138 cm³/mol. The number of ether oxygens (including phenoxy) is 1. The van der Waals surface area contributed by atoms with Crippen LogP contribution in [-0.2, 0) is 6.54 Å². The van der Waals surface area contributed by atoms with Crippen molar-refractivity contribution in [2.45, 2.75) is 27.3 Å². The van der Waals surface area contributed by atoms with Gasteiger partial charge in [-0.25, -0.2) is 4.98 Å². The van der Waals surface area contributed by atoms with Gasteiger partial charge >= 0.3 is 0 Å². The number of aromatic nitrogens is 3. The first-order valence-electron chi connectivity index (χ1n) is 11.4. The van der Waals surface area contributed by atoms with E-state index in [1.807, 2.05) is 92.2 Å². The minimum absolute atomic E-state index is 0.0738. The average molecular weight is 471 g/mol. The summed E-state index contributed by atoms with van der Waals surface area (Å²) in [7, 11) is 0. The van der Waals surface area contributed by atoms with Gasteiger partial charge in [-0.2, -0.15) is 5.10 Å². The van der Waals surface area contributed by atoms with Gasteiger partial charge in [0, 0.05) is 17.8 Å². The van der Waals surface area contributed by atoms with Crippen LogP contribution < -0.4 is 9.64 Å². The monoisotopic (exact) mass is 470 g/mol. The SMILES string of the molecule is CCOc1cccc2sc(N(CCn3nc(C)cc3C)C(=O)c3cccc4ccccc34)nc12. The van der Waals surface area contributed by atoms with Crippen LogP contribution in [0, 0.1) is 13.8 Å². The van der Waals surface area contributed by atoms with Crippen LogP contribution in [0.5, 0.6) is 5.75 Å². The van der Waals surface area contributed by atoms with E-state index in [0.29, 0.717) is 30.4 Å². The van der Waals surface area contributed by atoms with E-state index in [1.165, 1.54) is 11.3 Å². The van der Waals surface area contributed by atoms with Crippen molar-refractivity contribution in [2.75, 3.05) is 18.1 Å². The highest BCUT2D eigenvalue weighted by atomic mass is 32.1. The fourth-order valence-corrected chi connectivity index (χ4v) is 5.24. The number of hydrogen-bond acceptors (Lipinski definition) is 5. The Hall–Kier alpha value is -3.71. The molecule has 0 spiro atoms. The number of para-hydroxylation sites is 1. The molecule has 0 N–H and O–H groups in total. The number of rotatable bonds is 7. The lowest BCUT2D eigenvalue weighted by Gasteiger charge is -2.21. The number of anilines is 1. The molecule has 5 rings (SSSR count). The summed E-state index contributed by atoms with van der Waals surface area (Å²) in [6, 6.07) is 21.8.